The molecule has 0 saturated carbocycles. The quantitative estimate of drug-likeness (QED) is 0.618. The molecule has 1 fully saturated rings. The first-order valence-corrected chi connectivity index (χ1v) is 8.01. The van der Waals surface area contributed by atoms with Gasteiger partial charge < -0.3 is 10.4 Å². The molecule has 1 aliphatic heterocycles. The molecule has 1 aliphatic rings. The number of carbonyl (C=O) groups excluding carboxylic acids is 1. The summed E-state index contributed by atoms with van der Waals surface area (Å²) in [4.78, 5) is 22.3. The molecule has 10 heteroatoms. The van der Waals surface area contributed by atoms with Crippen LogP contribution in [0.5, 0.6) is 0 Å². The summed E-state index contributed by atoms with van der Waals surface area (Å²) in [7, 11) is 0. The van der Waals surface area contributed by atoms with E-state index in [0.29, 0.717) is 11.3 Å². The fourth-order valence-corrected chi connectivity index (χ4v) is 3.05. The van der Waals surface area contributed by atoms with Crippen LogP contribution >= 0.6 is 11.8 Å². The molecular weight excluding hydrogens is 349 g/mol. The van der Waals surface area contributed by atoms with Crippen LogP contribution in [-0.2, 0) is 9.59 Å². The SMILES string of the molecule is O=C(O)CC1SC(=NN=Cc2cc(F)ccc2-n2cccn2)NC1=O. The Morgan fingerprint density at radius 1 is 1.52 bits per heavy atom. The number of amides is 1. The number of aromatic nitrogens is 2. The normalized spacial score (nSPS) is 18.8. The highest BCUT2D eigenvalue weighted by atomic mass is 32.2. The molecule has 0 aliphatic carbocycles. The number of carboxylic acids is 1. The van der Waals surface area contributed by atoms with Gasteiger partial charge >= 0.3 is 5.97 Å². The van der Waals surface area contributed by atoms with Crippen molar-refractivity contribution in [3.63, 3.8) is 0 Å². The molecule has 1 unspecified atom stereocenters. The van der Waals surface area contributed by atoms with Gasteiger partial charge in [-0.1, -0.05) is 11.8 Å². The molecule has 0 radical (unpaired) electrons. The number of nitrogens with zero attached hydrogens (tertiary/aromatic N) is 4. The third-order valence-electron chi connectivity index (χ3n) is 3.22. The van der Waals surface area contributed by atoms with Gasteiger partial charge in [-0.3, -0.25) is 9.59 Å². The fourth-order valence-electron chi connectivity index (χ4n) is 2.14. The Balaban J connectivity index is 1.78. The second-order valence-corrected chi connectivity index (χ2v) is 6.19. The first kappa shape index (κ1) is 16.8. The molecule has 2 heterocycles. The third-order valence-corrected chi connectivity index (χ3v) is 4.29. The number of aliphatic carboxylic acids is 1. The second kappa shape index (κ2) is 7.26. The average molecular weight is 361 g/mol. The summed E-state index contributed by atoms with van der Waals surface area (Å²) in [6, 6.07) is 5.89. The smallest absolute Gasteiger partial charge is 0.305 e. The molecule has 2 N–H and O–H groups in total. The maximum absolute atomic E-state index is 13.5. The van der Waals surface area contributed by atoms with E-state index < -0.39 is 22.9 Å². The van der Waals surface area contributed by atoms with E-state index in [9.17, 15) is 14.0 Å². The molecule has 1 atom stereocenters. The molecule has 0 bridgehead atoms. The Kier molecular flexibility index (Phi) is 4.89. The number of benzene rings is 1. The lowest BCUT2D eigenvalue weighted by Crippen LogP contribution is -2.26. The molecule has 1 saturated heterocycles. The first-order valence-electron chi connectivity index (χ1n) is 7.13. The first-order chi connectivity index (χ1) is 12.0. The van der Waals surface area contributed by atoms with E-state index in [4.69, 9.17) is 5.11 Å². The van der Waals surface area contributed by atoms with Crippen LogP contribution < -0.4 is 5.32 Å². The van der Waals surface area contributed by atoms with Crippen molar-refractivity contribution in [2.24, 2.45) is 10.2 Å². The lowest BCUT2D eigenvalue weighted by Gasteiger charge is -2.05. The lowest BCUT2D eigenvalue weighted by molar-refractivity contribution is -0.138. The Hall–Kier alpha value is -3.01. The van der Waals surface area contributed by atoms with Gasteiger partial charge in [-0.25, -0.2) is 9.07 Å². The summed E-state index contributed by atoms with van der Waals surface area (Å²) >= 11 is 0.990. The van der Waals surface area contributed by atoms with E-state index in [-0.39, 0.29) is 11.6 Å². The van der Waals surface area contributed by atoms with Crippen molar-refractivity contribution < 1.29 is 19.1 Å². The fraction of sp³-hybridized carbons (Fsp3) is 0.133. The van der Waals surface area contributed by atoms with Gasteiger partial charge in [0.2, 0.25) is 5.91 Å². The highest BCUT2D eigenvalue weighted by Crippen LogP contribution is 2.22. The molecular formula is C15H12FN5O3S. The van der Waals surface area contributed by atoms with E-state index >= 15 is 0 Å². The molecule has 8 nitrogen and oxygen atoms in total. The zero-order chi connectivity index (χ0) is 17.8. The molecule has 3 rings (SSSR count). The van der Waals surface area contributed by atoms with Gasteiger partial charge in [-0.15, -0.1) is 5.10 Å². The number of hydrogen-bond donors (Lipinski definition) is 2. The van der Waals surface area contributed by atoms with E-state index in [1.807, 2.05) is 0 Å². The van der Waals surface area contributed by atoms with Crippen LogP contribution in [-0.4, -0.2) is 43.4 Å². The van der Waals surface area contributed by atoms with E-state index in [1.165, 1.54) is 18.3 Å². The number of amidine groups is 1. The maximum atomic E-state index is 13.5. The van der Waals surface area contributed by atoms with Gasteiger partial charge in [-0.2, -0.15) is 10.2 Å². The van der Waals surface area contributed by atoms with Crippen molar-refractivity contribution in [1.29, 1.82) is 0 Å². The molecule has 128 valence electrons. The van der Waals surface area contributed by atoms with E-state index in [0.717, 1.165) is 11.8 Å². The number of hydrogen-bond acceptors (Lipinski definition) is 6. The monoisotopic (exact) mass is 361 g/mol. The molecule has 1 amide bonds. The molecule has 25 heavy (non-hydrogen) atoms. The van der Waals surface area contributed by atoms with Gasteiger partial charge in [0, 0.05) is 18.0 Å². The van der Waals surface area contributed by atoms with Crippen LogP contribution in [0.4, 0.5) is 4.39 Å². The van der Waals surface area contributed by atoms with Gasteiger partial charge in [0.1, 0.15) is 11.1 Å². The summed E-state index contributed by atoms with van der Waals surface area (Å²) in [6.07, 6.45) is 4.34. The summed E-state index contributed by atoms with van der Waals surface area (Å²) in [5.41, 5.74) is 1.06. The van der Waals surface area contributed by atoms with Crippen LogP contribution in [0.3, 0.4) is 0 Å². The maximum Gasteiger partial charge on any atom is 0.305 e. The Labute approximate surface area is 145 Å². The summed E-state index contributed by atoms with van der Waals surface area (Å²) < 4.78 is 15.1. The zero-order valence-corrected chi connectivity index (χ0v) is 13.5. The largest absolute Gasteiger partial charge is 0.481 e. The highest BCUT2D eigenvalue weighted by molar-refractivity contribution is 8.15. The topological polar surface area (TPSA) is 109 Å². The van der Waals surface area contributed by atoms with E-state index in [1.54, 1.807) is 29.2 Å². The lowest BCUT2D eigenvalue weighted by atomic mass is 10.2. The van der Waals surface area contributed by atoms with Crippen LogP contribution in [0, 0.1) is 5.82 Å². The van der Waals surface area contributed by atoms with Gasteiger partial charge in [0.15, 0.2) is 5.17 Å². The van der Waals surface area contributed by atoms with Crippen molar-refractivity contribution >= 4 is 35.0 Å². The Bertz CT molecular complexity index is 866. The van der Waals surface area contributed by atoms with Crippen LogP contribution in [0.2, 0.25) is 0 Å². The average Bonchev–Trinajstić information content (AvgIpc) is 3.18. The van der Waals surface area contributed by atoms with Crippen LogP contribution in [0.15, 0.2) is 46.9 Å². The zero-order valence-electron chi connectivity index (χ0n) is 12.7. The standard InChI is InChI=1S/C15H12FN5O3S/c16-10-2-3-11(21-5-1-4-18-21)9(6-10)8-17-20-15-19-14(24)12(25-15)7-13(22)23/h1-6,8,12H,7H2,(H,22,23)(H,19,20,24). The predicted octanol–water partition coefficient (Wildman–Crippen LogP) is 1.41. The minimum Gasteiger partial charge on any atom is -0.481 e. The Morgan fingerprint density at radius 2 is 2.36 bits per heavy atom. The van der Waals surface area contributed by atoms with Crippen molar-refractivity contribution in [3.05, 3.63) is 48.0 Å². The number of thioether (sulfide) groups is 1. The summed E-state index contributed by atoms with van der Waals surface area (Å²) in [6.45, 7) is 0. The minimum atomic E-state index is -1.07. The van der Waals surface area contributed by atoms with Gasteiger partial charge in [-0.05, 0) is 24.3 Å². The van der Waals surface area contributed by atoms with Gasteiger partial charge in [0.25, 0.3) is 0 Å². The molecule has 0 spiro atoms. The summed E-state index contributed by atoms with van der Waals surface area (Å²) in [5, 5.41) is 22.5. The van der Waals surface area contributed by atoms with Crippen molar-refractivity contribution in [2.45, 2.75) is 11.7 Å². The molecule has 2 aromatic rings. The number of halogens is 1. The number of nitrogens with one attached hydrogen (secondary N) is 1. The second-order valence-electron chi connectivity index (χ2n) is 5.00. The van der Waals surface area contributed by atoms with Crippen LogP contribution in [0.1, 0.15) is 12.0 Å². The molecule has 1 aromatic heterocycles. The summed E-state index contributed by atoms with van der Waals surface area (Å²) in [5.74, 6) is -1.93. The highest BCUT2D eigenvalue weighted by Gasteiger charge is 2.32. The van der Waals surface area contributed by atoms with Crippen LogP contribution in [0.25, 0.3) is 5.69 Å². The minimum absolute atomic E-state index is 0.199. The number of carboxylic acid groups (broad SMARTS) is 1. The van der Waals surface area contributed by atoms with Gasteiger partial charge in [0.05, 0.1) is 18.3 Å². The number of carbonyl (C=O) groups is 2. The number of rotatable bonds is 5. The Morgan fingerprint density at radius 3 is 3.08 bits per heavy atom. The predicted molar refractivity (Wildman–Crippen MR) is 90.3 cm³/mol. The molecule has 1 aromatic carbocycles. The third kappa shape index (κ3) is 4.10. The van der Waals surface area contributed by atoms with Crippen molar-refractivity contribution in [1.82, 2.24) is 15.1 Å². The van der Waals surface area contributed by atoms with Crippen molar-refractivity contribution in [2.75, 3.05) is 0 Å². The van der Waals surface area contributed by atoms with Crippen molar-refractivity contribution in [3.8, 4) is 5.69 Å². The van der Waals surface area contributed by atoms with E-state index in [2.05, 4.69) is 20.6 Å².